The molecule has 0 aromatic heterocycles. The largest absolute Gasteiger partial charge is 0.393 e. The van der Waals surface area contributed by atoms with Gasteiger partial charge < -0.3 is 9.84 Å². The molecule has 2 nitrogen and oxygen atoms in total. The molecule has 1 atom stereocenters. The van der Waals surface area contributed by atoms with E-state index in [-0.39, 0.29) is 6.61 Å². The Labute approximate surface area is 96.9 Å². The van der Waals surface area contributed by atoms with Crippen LogP contribution in [0.3, 0.4) is 0 Å². The molecule has 86 valence electrons. The van der Waals surface area contributed by atoms with E-state index in [0.29, 0.717) is 13.0 Å². The quantitative estimate of drug-likeness (QED) is 0.713. The van der Waals surface area contributed by atoms with Crippen molar-refractivity contribution >= 4 is 0 Å². The molecular formula is C14H18O2. The van der Waals surface area contributed by atoms with E-state index in [1.165, 1.54) is 0 Å². The average molecular weight is 218 g/mol. The molecule has 1 aromatic rings. The van der Waals surface area contributed by atoms with Gasteiger partial charge in [0.2, 0.25) is 0 Å². The van der Waals surface area contributed by atoms with Crippen molar-refractivity contribution < 1.29 is 9.84 Å². The lowest BCUT2D eigenvalue weighted by Crippen LogP contribution is -2.33. The van der Waals surface area contributed by atoms with E-state index in [4.69, 9.17) is 4.74 Å². The van der Waals surface area contributed by atoms with Crippen LogP contribution in [0, 0.1) is 0 Å². The SMILES string of the molecule is C=CCO[C@](CO)(CC=C)c1ccccc1. The standard InChI is InChI=1S/C14H18O2/c1-3-10-14(12-15,16-11-4-2)13-8-6-5-7-9-13/h3-9,15H,1-2,10-12H2/t14-/m0/s1. The number of aliphatic hydroxyl groups is 1. The molecule has 0 unspecified atom stereocenters. The van der Waals surface area contributed by atoms with Crippen LogP contribution >= 0.6 is 0 Å². The van der Waals surface area contributed by atoms with Crippen molar-refractivity contribution in [1.82, 2.24) is 0 Å². The lowest BCUT2D eigenvalue weighted by molar-refractivity contribution is -0.0717. The third kappa shape index (κ3) is 2.81. The summed E-state index contributed by atoms with van der Waals surface area (Å²) in [6, 6.07) is 9.69. The molecule has 0 aliphatic carbocycles. The Kier molecular flexibility index (Phi) is 4.96. The minimum atomic E-state index is -0.697. The molecule has 2 heteroatoms. The van der Waals surface area contributed by atoms with Crippen LogP contribution in [0.2, 0.25) is 0 Å². The number of ether oxygens (including phenoxy) is 1. The molecule has 0 spiro atoms. The Morgan fingerprint density at radius 3 is 2.38 bits per heavy atom. The lowest BCUT2D eigenvalue weighted by Gasteiger charge is -2.31. The van der Waals surface area contributed by atoms with Crippen LogP contribution in [0.4, 0.5) is 0 Å². The first-order valence-electron chi connectivity index (χ1n) is 5.31. The fraction of sp³-hybridized carbons (Fsp3) is 0.286. The zero-order valence-electron chi connectivity index (χ0n) is 9.43. The van der Waals surface area contributed by atoms with Gasteiger partial charge in [-0.1, -0.05) is 42.5 Å². The van der Waals surface area contributed by atoms with Crippen LogP contribution in [0.15, 0.2) is 55.6 Å². The van der Waals surface area contributed by atoms with Gasteiger partial charge in [-0.05, 0) is 5.56 Å². The Morgan fingerprint density at radius 2 is 1.88 bits per heavy atom. The van der Waals surface area contributed by atoms with Crippen LogP contribution in [0.25, 0.3) is 0 Å². The molecule has 1 aromatic carbocycles. The van der Waals surface area contributed by atoms with E-state index in [9.17, 15) is 5.11 Å². The minimum Gasteiger partial charge on any atom is -0.393 e. The van der Waals surface area contributed by atoms with Crippen LogP contribution in [-0.2, 0) is 10.3 Å². The van der Waals surface area contributed by atoms with E-state index < -0.39 is 5.60 Å². The monoisotopic (exact) mass is 218 g/mol. The maximum Gasteiger partial charge on any atom is 0.120 e. The highest BCUT2D eigenvalue weighted by Gasteiger charge is 2.30. The van der Waals surface area contributed by atoms with Crippen molar-refractivity contribution in [1.29, 1.82) is 0 Å². The number of hydrogen-bond donors (Lipinski definition) is 1. The van der Waals surface area contributed by atoms with Crippen molar-refractivity contribution in [3.63, 3.8) is 0 Å². The smallest absolute Gasteiger partial charge is 0.120 e. The highest BCUT2D eigenvalue weighted by atomic mass is 16.5. The summed E-state index contributed by atoms with van der Waals surface area (Å²) in [6.07, 6.45) is 4.00. The van der Waals surface area contributed by atoms with E-state index in [2.05, 4.69) is 13.2 Å². The Hall–Kier alpha value is -1.38. The van der Waals surface area contributed by atoms with Gasteiger partial charge in [-0.3, -0.25) is 0 Å². The van der Waals surface area contributed by atoms with E-state index in [0.717, 1.165) is 5.56 Å². The highest BCUT2D eigenvalue weighted by molar-refractivity contribution is 5.23. The molecule has 16 heavy (non-hydrogen) atoms. The molecule has 1 N–H and O–H groups in total. The summed E-state index contributed by atoms with van der Waals surface area (Å²) < 4.78 is 5.72. The van der Waals surface area contributed by atoms with Crippen molar-refractivity contribution in [2.24, 2.45) is 0 Å². The Balaban J connectivity index is 3.00. The summed E-state index contributed by atoms with van der Waals surface area (Å²) in [4.78, 5) is 0. The van der Waals surface area contributed by atoms with E-state index in [1.54, 1.807) is 12.2 Å². The van der Waals surface area contributed by atoms with Crippen molar-refractivity contribution in [2.45, 2.75) is 12.0 Å². The van der Waals surface area contributed by atoms with Gasteiger partial charge in [-0.2, -0.15) is 0 Å². The van der Waals surface area contributed by atoms with Crippen molar-refractivity contribution in [3.05, 3.63) is 61.2 Å². The maximum absolute atomic E-state index is 9.58. The fourth-order valence-corrected chi connectivity index (χ4v) is 1.66. The van der Waals surface area contributed by atoms with Gasteiger partial charge in [-0.25, -0.2) is 0 Å². The molecule has 1 rings (SSSR count). The second kappa shape index (κ2) is 6.26. The highest BCUT2D eigenvalue weighted by Crippen LogP contribution is 2.29. The first-order chi connectivity index (χ1) is 7.79. The second-order valence-corrected chi connectivity index (χ2v) is 3.61. The van der Waals surface area contributed by atoms with Gasteiger partial charge in [0.05, 0.1) is 13.2 Å². The molecule has 0 aliphatic heterocycles. The third-order valence-electron chi connectivity index (χ3n) is 2.51. The first kappa shape index (κ1) is 12.7. The molecule has 0 aliphatic rings. The van der Waals surface area contributed by atoms with Crippen molar-refractivity contribution in [2.75, 3.05) is 13.2 Å². The number of aliphatic hydroxyl groups excluding tert-OH is 1. The normalized spacial score (nSPS) is 14.1. The number of benzene rings is 1. The Bertz CT molecular complexity index is 332. The minimum absolute atomic E-state index is 0.0725. The second-order valence-electron chi connectivity index (χ2n) is 3.61. The van der Waals surface area contributed by atoms with Gasteiger partial charge >= 0.3 is 0 Å². The number of hydrogen-bond acceptors (Lipinski definition) is 2. The first-order valence-corrected chi connectivity index (χ1v) is 5.31. The molecule has 0 bridgehead atoms. The van der Waals surface area contributed by atoms with Crippen LogP contribution < -0.4 is 0 Å². The van der Waals surface area contributed by atoms with E-state index in [1.807, 2.05) is 30.3 Å². The topological polar surface area (TPSA) is 29.5 Å². The Morgan fingerprint density at radius 1 is 1.19 bits per heavy atom. The van der Waals surface area contributed by atoms with Crippen molar-refractivity contribution in [3.8, 4) is 0 Å². The van der Waals surface area contributed by atoms with Gasteiger partial charge in [0.25, 0.3) is 0 Å². The summed E-state index contributed by atoms with van der Waals surface area (Å²) >= 11 is 0. The zero-order valence-corrected chi connectivity index (χ0v) is 9.43. The van der Waals surface area contributed by atoms with Crippen LogP contribution in [-0.4, -0.2) is 18.3 Å². The summed E-state index contributed by atoms with van der Waals surface area (Å²) in [5.74, 6) is 0. The molecule has 0 fully saturated rings. The van der Waals surface area contributed by atoms with Gasteiger partial charge in [0, 0.05) is 6.42 Å². The molecule has 0 saturated heterocycles. The maximum atomic E-state index is 9.58. The van der Waals surface area contributed by atoms with E-state index >= 15 is 0 Å². The van der Waals surface area contributed by atoms with Gasteiger partial charge in [0.1, 0.15) is 5.60 Å². The zero-order chi connectivity index (χ0) is 11.9. The summed E-state index contributed by atoms with van der Waals surface area (Å²) in [5.41, 5.74) is 0.260. The molecule has 0 heterocycles. The molecule has 0 saturated carbocycles. The molecule has 0 radical (unpaired) electrons. The average Bonchev–Trinajstić information content (AvgIpc) is 2.36. The predicted octanol–water partition coefficient (Wildman–Crippen LogP) is 2.65. The summed E-state index contributed by atoms with van der Waals surface area (Å²) in [6.45, 7) is 7.66. The fourth-order valence-electron chi connectivity index (χ4n) is 1.66. The van der Waals surface area contributed by atoms with Gasteiger partial charge in [-0.15, -0.1) is 13.2 Å². The summed E-state index contributed by atoms with van der Waals surface area (Å²) in [5, 5.41) is 9.58. The lowest BCUT2D eigenvalue weighted by atomic mass is 9.91. The van der Waals surface area contributed by atoms with Gasteiger partial charge in [0.15, 0.2) is 0 Å². The third-order valence-corrected chi connectivity index (χ3v) is 2.51. The molecular weight excluding hydrogens is 200 g/mol. The number of rotatable bonds is 7. The molecule has 0 amide bonds. The van der Waals surface area contributed by atoms with Crippen LogP contribution in [0.5, 0.6) is 0 Å². The summed E-state index contributed by atoms with van der Waals surface area (Å²) in [7, 11) is 0. The van der Waals surface area contributed by atoms with Crippen LogP contribution in [0.1, 0.15) is 12.0 Å². The predicted molar refractivity (Wildman–Crippen MR) is 66.2 cm³/mol.